The van der Waals surface area contributed by atoms with Gasteiger partial charge in [0.1, 0.15) is 11.6 Å². The summed E-state index contributed by atoms with van der Waals surface area (Å²) in [4.78, 5) is 4.48. The standard InChI is InChI=1S/C20H26FN3O3S.HI/c1-4-22-20(23-12-15-7-5-6-8-19(15)27-2)24-13-17-11-18(21)10-9-16(17)14-28(3,25)26;/h5-11H,4,12-14H2,1-3H3,(H2,22,23,24);1H. The Kier molecular flexibility index (Phi) is 10.4. The summed E-state index contributed by atoms with van der Waals surface area (Å²) in [6.07, 6.45) is 1.16. The second-order valence-electron chi connectivity index (χ2n) is 6.34. The van der Waals surface area contributed by atoms with Gasteiger partial charge in [0.15, 0.2) is 15.8 Å². The average molecular weight is 535 g/mol. The first-order valence-corrected chi connectivity index (χ1v) is 11.0. The average Bonchev–Trinajstić information content (AvgIpc) is 2.65. The Bertz CT molecular complexity index is 936. The maximum atomic E-state index is 13.7. The lowest BCUT2D eigenvalue weighted by Gasteiger charge is -2.14. The number of guanidine groups is 1. The van der Waals surface area contributed by atoms with Crippen molar-refractivity contribution in [3.8, 4) is 5.75 Å². The maximum Gasteiger partial charge on any atom is 0.191 e. The van der Waals surface area contributed by atoms with Crippen LogP contribution >= 0.6 is 24.0 Å². The van der Waals surface area contributed by atoms with Gasteiger partial charge in [-0.1, -0.05) is 24.3 Å². The summed E-state index contributed by atoms with van der Waals surface area (Å²) >= 11 is 0. The van der Waals surface area contributed by atoms with Crippen LogP contribution in [0.5, 0.6) is 5.75 Å². The van der Waals surface area contributed by atoms with Crippen LogP contribution in [0, 0.1) is 5.82 Å². The number of hydrogen-bond donors (Lipinski definition) is 2. The van der Waals surface area contributed by atoms with Gasteiger partial charge in [0, 0.05) is 24.9 Å². The number of nitrogens with zero attached hydrogens (tertiary/aromatic N) is 1. The summed E-state index contributed by atoms with van der Waals surface area (Å²) < 4.78 is 42.3. The minimum absolute atomic E-state index is 0. The molecule has 0 aromatic heterocycles. The van der Waals surface area contributed by atoms with E-state index in [1.807, 2.05) is 31.2 Å². The van der Waals surface area contributed by atoms with Crippen LogP contribution in [0.4, 0.5) is 4.39 Å². The molecular weight excluding hydrogens is 508 g/mol. The third-order valence-corrected chi connectivity index (χ3v) is 4.81. The van der Waals surface area contributed by atoms with Gasteiger partial charge in [-0.3, -0.25) is 0 Å². The van der Waals surface area contributed by atoms with Gasteiger partial charge in [0.2, 0.25) is 0 Å². The minimum Gasteiger partial charge on any atom is -0.496 e. The molecule has 2 rings (SSSR count). The Hall–Kier alpha value is -1.88. The molecule has 29 heavy (non-hydrogen) atoms. The molecule has 0 spiro atoms. The molecule has 0 aliphatic carbocycles. The minimum atomic E-state index is -3.23. The smallest absolute Gasteiger partial charge is 0.191 e. The van der Waals surface area contributed by atoms with Gasteiger partial charge in [-0.15, -0.1) is 24.0 Å². The lowest BCUT2D eigenvalue weighted by molar-refractivity contribution is 0.409. The molecule has 0 radical (unpaired) electrons. The number of para-hydroxylation sites is 1. The highest BCUT2D eigenvalue weighted by molar-refractivity contribution is 14.0. The molecule has 0 heterocycles. The Morgan fingerprint density at radius 2 is 1.83 bits per heavy atom. The topological polar surface area (TPSA) is 79.8 Å². The lowest BCUT2D eigenvalue weighted by Crippen LogP contribution is -2.36. The predicted octanol–water partition coefficient (Wildman–Crippen LogP) is 3.25. The third-order valence-electron chi connectivity index (χ3n) is 3.98. The quantitative estimate of drug-likeness (QED) is 0.308. The highest BCUT2D eigenvalue weighted by Gasteiger charge is 2.11. The van der Waals surface area contributed by atoms with Gasteiger partial charge in [0.05, 0.1) is 19.4 Å². The highest BCUT2D eigenvalue weighted by Crippen LogP contribution is 2.17. The van der Waals surface area contributed by atoms with Crippen LogP contribution < -0.4 is 15.4 Å². The lowest BCUT2D eigenvalue weighted by atomic mass is 10.1. The van der Waals surface area contributed by atoms with E-state index in [-0.39, 0.29) is 36.3 Å². The molecular formula is C20H27FIN3O3S. The molecule has 2 N–H and O–H groups in total. The number of ether oxygens (including phenoxy) is 1. The van der Waals surface area contributed by atoms with E-state index in [9.17, 15) is 12.8 Å². The Balaban J connectivity index is 0.00000420. The number of rotatable bonds is 8. The Morgan fingerprint density at radius 3 is 2.48 bits per heavy atom. The first kappa shape index (κ1) is 25.2. The zero-order valence-electron chi connectivity index (χ0n) is 16.7. The zero-order chi connectivity index (χ0) is 20.6. The van der Waals surface area contributed by atoms with E-state index in [2.05, 4.69) is 15.6 Å². The molecule has 9 heteroatoms. The van der Waals surface area contributed by atoms with Crippen LogP contribution in [0.3, 0.4) is 0 Å². The summed E-state index contributed by atoms with van der Waals surface area (Å²) in [6.45, 7) is 3.24. The largest absolute Gasteiger partial charge is 0.496 e. The van der Waals surface area contributed by atoms with Gasteiger partial charge in [0.25, 0.3) is 0 Å². The van der Waals surface area contributed by atoms with Crippen molar-refractivity contribution in [2.75, 3.05) is 19.9 Å². The molecule has 0 amide bonds. The monoisotopic (exact) mass is 535 g/mol. The molecule has 0 unspecified atom stereocenters. The summed E-state index contributed by atoms with van der Waals surface area (Å²) in [6, 6.07) is 11.7. The summed E-state index contributed by atoms with van der Waals surface area (Å²) in [5.41, 5.74) is 2.06. The molecule has 0 fully saturated rings. The van der Waals surface area contributed by atoms with E-state index < -0.39 is 15.7 Å². The second-order valence-corrected chi connectivity index (χ2v) is 8.48. The van der Waals surface area contributed by atoms with Crippen molar-refractivity contribution in [2.45, 2.75) is 25.8 Å². The number of nitrogens with one attached hydrogen (secondary N) is 2. The number of hydrogen-bond acceptors (Lipinski definition) is 4. The van der Waals surface area contributed by atoms with Crippen molar-refractivity contribution >= 4 is 39.8 Å². The van der Waals surface area contributed by atoms with Gasteiger partial charge >= 0.3 is 0 Å². The molecule has 0 aliphatic heterocycles. The zero-order valence-corrected chi connectivity index (χ0v) is 19.9. The number of aliphatic imine (C=N–C) groups is 1. The van der Waals surface area contributed by atoms with Crippen LogP contribution in [0.15, 0.2) is 47.5 Å². The summed E-state index contributed by atoms with van der Waals surface area (Å²) in [5, 5.41) is 6.34. The van der Waals surface area contributed by atoms with Crippen LogP contribution in [-0.4, -0.2) is 34.3 Å². The van der Waals surface area contributed by atoms with Crippen molar-refractivity contribution in [2.24, 2.45) is 4.99 Å². The number of sulfone groups is 1. The summed E-state index contributed by atoms with van der Waals surface area (Å²) in [7, 11) is -1.61. The normalized spacial score (nSPS) is 11.5. The fourth-order valence-corrected chi connectivity index (χ4v) is 3.55. The van der Waals surface area contributed by atoms with E-state index >= 15 is 0 Å². The SMILES string of the molecule is CCNC(=NCc1cc(F)ccc1CS(C)(=O)=O)NCc1ccccc1OC.I. The van der Waals surface area contributed by atoms with Gasteiger partial charge in [-0.05, 0) is 36.2 Å². The van der Waals surface area contributed by atoms with E-state index in [1.165, 1.54) is 18.2 Å². The molecule has 0 saturated heterocycles. The first-order valence-electron chi connectivity index (χ1n) is 8.91. The molecule has 2 aromatic rings. The molecule has 0 aliphatic rings. The number of halogens is 2. The van der Waals surface area contributed by atoms with Crippen molar-refractivity contribution in [1.82, 2.24) is 10.6 Å². The predicted molar refractivity (Wildman–Crippen MR) is 125 cm³/mol. The third kappa shape index (κ3) is 8.57. The fraction of sp³-hybridized carbons (Fsp3) is 0.350. The van der Waals surface area contributed by atoms with E-state index in [0.29, 0.717) is 30.2 Å². The van der Waals surface area contributed by atoms with Crippen molar-refractivity contribution in [3.63, 3.8) is 0 Å². The Morgan fingerprint density at radius 1 is 1.10 bits per heavy atom. The van der Waals surface area contributed by atoms with Crippen LogP contribution in [0.1, 0.15) is 23.6 Å². The molecule has 0 saturated carbocycles. The van der Waals surface area contributed by atoms with Gasteiger partial charge < -0.3 is 15.4 Å². The molecule has 160 valence electrons. The van der Waals surface area contributed by atoms with Crippen molar-refractivity contribution in [1.29, 1.82) is 0 Å². The molecule has 0 bridgehead atoms. The van der Waals surface area contributed by atoms with Crippen LogP contribution in [0.25, 0.3) is 0 Å². The van der Waals surface area contributed by atoms with Crippen LogP contribution in [-0.2, 0) is 28.7 Å². The number of methoxy groups -OCH3 is 1. The molecule has 2 aromatic carbocycles. The van der Waals surface area contributed by atoms with E-state index in [1.54, 1.807) is 7.11 Å². The molecule has 0 atom stereocenters. The van der Waals surface area contributed by atoms with Crippen LogP contribution in [0.2, 0.25) is 0 Å². The second kappa shape index (κ2) is 12.0. The highest BCUT2D eigenvalue weighted by atomic mass is 127. The van der Waals surface area contributed by atoms with Gasteiger partial charge in [-0.2, -0.15) is 0 Å². The molecule has 6 nitrogen and oxygen atoms in total. The van der Waals surface area contributed by atoms with E-state index in [0.717, 1.165) is 17.6 Å². The first-order chi connectivity index (χ1) is 13.3. The van der Waals surface area contributed by atoms with Gasteiger partial charge in [-0.25, -0.2) is 17.8 Å². The van der Waals surface area contributed by atoms with Crippen molar-refractivity contribution in [3.05, 3.63) is 65.0 Å². The fourth-order valence-electron chi connectivity index (χ4n) is 2.70. The number of benzene rings is 2. The maximum absolute atomic E-state index is 13.7. The van der Waals surface area contributed by atoms with E-state index in [4.69, 9.17) is 4.74 Å². The summed E-state index contributed by atoms with van der Waals surface area (Å²) in [5.74, 6) is 0.743. The Labute approximate surface area is 188 Å². The van der Waals surface area contributed by atoms with Crippen molar-refractivity contribution < 1.29 is 17.5 Å².